The van der Waals surface area contributed by atoms with Gasteiger partial charge < -0.3 is 15.4 Å². The molecule has 1 rings (SSSR count). The van der Waals surface area contributed by atoms with E-state index in [0.29, 0.717) is 18.5 Å². The standard InChI is InChI=1S/C13H26N2O2/c1-10-11(7-5-6-8-14-10)9-15-12(16)17-13(2,3)4/h10-11,14H,5-9H2,1-4H3,(H,15,16)/t10-,11-/m0/s1. The number of hydrogen-bond donors (Lipinski definition) is 2. The monoisotopic (exact) mass is 242 g/mol. The highest BCUT2D eigenvalue weighted by atomic mass is 16.6. The van der Waals surface area contributed by atoms with Crippen LogP contribution in [0.15, 0.2) is 0 Å². The Bertz CT molecular complexity index is 248. The lowest BCUT2D eigenvalue weighted by Crippen LogP contribution is -2.41. The highest BCUT2D eigenvalue weighted by molar-refractivity contribution is 5.67. The Labute approximate surface area is 104 Å². The first-order valence-corrected chi connectivity index (χ1v) is 6.59. The molecule has 2 N–H and O–H groups in total. The summed E-state index contributed by atoms with van der Waals surface area (Å²) in [5, 5.41) is 6.34. The Morgan fingerprint density at radius 2 is 2.12 bits per heavy atom. The van der Waals surface area contributed by atoms with Crippen molar-refractivity contribution >= 4 is 6.09 Å². The third-order valence-corrected chi connectivity index (χ3v) is 3.08. The van der Waals surface area contributed by atoms with Gasteiger partial charge in [0.1, 0.15) is 5.60 Å². The minimum atomic E-state index is -0.419. The predicted molar refractivity (Wildman–Crippen MR) is 69.0 cm³/mol. The zero-order chi connectivity index (χ0) is 12.9. The van der Waals surface area contributed by atoms with E-state index in [1.807, 2.05) is 20.8 Å². The fraction of sp³-hybridized carbons (Fsp3) is 0.923. The van der Waals surface area contributed by atoms with Gasteiger partial charge in [-0.25, -0.2) is 4.79 Å². The molecule has 0 aliphatic carbocycles. The molecule has 1 aliphatic heterocycles. The van der Waals surface area contributed by atoms with E-state index in [1.165, 1.54) is 19.3 Å². The summed E-state index contributed by atoms with van der Waals surface area (Å²) in [4.78, 5) is 11.5. The van der Waals surface area contributed by atoms with E-state index < -0.39 is 5.60 Å². The van der Waals surface area contributed by atoms with E-state index in [-0.39, 0.29) is 6.09 Å². The topological polar surface area (TPSA) is 50.4 Å². The summed E-state index contributed by atoms with van der Waals surface area (Å²) in [6.07, 6.45) is 3.32. The van der Waals surface area contributed by atoms with Gasteiger partial charge in [0.05, 0.1) is 0 Å². The van der Waals surface area contributed by atoms with Gasteiger partial charge in [0.25, 0.3) is 0 Å². The fourth-order valence-electron chi connectivity index (χ4n) is 2.09. The molecule has 1 amide bonds. The molecule has 0 aromatic rings. The minimum Gasteiger partial charge on any atom is -0.444 e. The quantitative estimate of drug-likeness (QED) is 0.781. The molecule has 2 atom stereocenters. The molecule has 0 radical (unpaired) electrons. The fourth-order valence-corrected chi connectivity index (χ4v) is 2.09. The highest BCUT2D eigenvalue weighted by Gasteiger charge is 2.21. The summed E-state index contributed by atoms with van der Waals surface area (Å²) in [6.45, 7) is 9.60. The Hall–Kier alpha value is -0.770. The molecular weight excluding hydrogens is 216 g/mol. The number of amides is 1. The third kappa shape index (κ3) is 5.91. The second-order valence-electron chi connectivity index (χ2n) is 5.88. The van der Waals surface area contributed by atoms with Crippen LogP contribution in [0.1, 0.15) is 47.0 Å². The predicted octanol–water partition coefficient (Wildman–Crippen LogP) is 2.29. The van der Waals surface area contributed by atoms with Crippen LogP contribution in [0.5, 0.6) is 0 Å². The van der Waals surface area contributed by atoms with Crippen LogP contribution in [0, 0.1) is 5.92 Å². The van der Waals surface area contributed by atoms with Gasteiger partial charge in [-0.1, -0.05) is 6.42 Å². The van der Waals surface area contributed by atoms with E-state index in [0.717, 1.165) is 6.54 Å². The van der Waals surface area contributed by atoms with Crippen molar-refractivity contribution in [3.05, 3.63) is 0 Å². The molecule has 0 bridgehead atoms. The van der Waals surface area contributed by atoms with Crippen LogP contribution in [0.4, 0.5) is 4.79 Å². The van der Waals surface area contributed by atoms with Gasteiger partial charge in [0.2, 0.25) is 0 Å². The van der Waals surface area contributed by atoms with Crippen molar-refractivity contribution in [1.29, 1.82) is 0 Å². The van der Waals surface area contributed by atoms with Crippen LogP contribution >= 0.6 is 0 Å². The van der Waals surface area contributed by atoms with Crippen LogP contribution in [-0.2, 0) is 4.74 Å². The van der Waals surface area contributed by atoms with Crippen molar-refractivity contribution in [3.8, 4) is 0 Å². The summed E-state index contributed by atoms with van der Waals surface area (Å²) >= 11 is 0. The Kier molecular flexibility index (Phi) is 5.25. The molecule has 1 heterocycles. The molecule has 0 saturated carbocycles. The summed E-state index contributed by atoms with van der Waals surface area (Å²) in [5.74, 6) is 0.505. The molecule has 0 spiro atoms. The lowest BCUT2D eigenvalue weighted by molar-refractivity contribution is 0.0516. The first-order valence-electron chi connectivity index (χ1n) is 6.59. The maximum absolute atomic E-state index is 11.5. The zero-order valence-corrected chi connectivity index (χ0v) is 11.5. The van der Waals surface area contributed by atoms with Gasteiger partial charge >= 0.3 is 6.09 Å². The third-order valence-electron chi connectivity index (χ3n) is 3.08. The van der Waals surface area contributed by atoms with E-state index >= 15 is 0 Å². The van der Waals surface area contributed by atoms with E-state index in [2.05, 4.69) is 17.6 Å². The van der Waals surface area contributed by atoms with Crippen LogP contribution in [0.25, 0.3) is 0 Å². The van der Waals surface area contributed by atoms with Crippen molar-refractivity contribution < 1.29 is 9.53 Å². The van der Waals surface area contributed by atoms with E-state index in [4.69, 9.17) is 4.74 Å². The number of rotatable bonds is 2. The SMILES string of the molecule is C[C@@H]1NCCCC[C@H]1CNC(=O)OC(C)(C)C. The maximum Gasteiger partial charge on any atom is 0.407 e. The average Bonchev–Trinajstić information content (AvgIpc) is 2.37. The normalized spacial score (nSPS) is 26.1. The summed E-state index contributed by atoms with van der Waals surface area (Å²) in [7, 11) is 0. The molecule has 0 unspecified atom stereocenters. The number of alkyl carbamates (subject to hydrolysis) is 1. The maximum atomic E-state index is 11.5. The van der Waals surface area contributed by atoms with Crippen molar-refractivity contribution in [1.82, 2.24) is 10.6 Å². The molecule has 17 heavy (non-hydrogen) atoms. The van der Waals surface area contributed by atoms with Crippen LogP contribution < -0.4 is 10.6 Å². The van der Waals surface area contributed by atoms with Gasteiger partial charge in [-0.15, -0.1) is 0 Å². The average molecular weight is 242 g/mol. The van der Waals surface area contributed by atoms with E-state index in [1.54, 1.807) is 0 Å². The first-order chi connectivity index (χ1) is 7.88. The van der Waals surface area contributed by atoms with Crippen molar-refractivity contribution in [2.45, 2.75) is 58.6 Å². The second kappa shape index (κ2) is 6.24. The number of hydrogen-bond acceptors (Lipinski definition) is 3. The number of carbonyl (C=O) groups is 1. The van der Waals surface area contributed by atoms with E-state index in [9.17, 15) is 4.79 Å². The molecule has 4 nitrogen and oxygen atoms in total. The summed E-state index contributed by atoms with van der Waals surface area (Å²) < 4.78 is 5.22. The second-order valence-corrected chi connectivity index (χ2v) is 5.88. The number of carbonyl (C=O) groups excluding carboxylic acids is 1. The molecule has 0 aromatic carbocycles. The molecule has 100 valence electrons. The first kappa shape index (κ1) is 14.3. The van der Waals surface area contributed by atoms with Crippen molar-refractivity contribution in [2.24, 2.45) is 5.92 Å². The number of nitrogens with one attached hydrogen (secondary N) is 2. The molecule has 0 aromatic heterocycles. The van der Waals surface area contributed by atoms with Gasteiger partial charge in [0, 0.05) is 12.6 Å². The lowest BCUT2D eigenvalue weighted by atomic mass is 9.97. The molecular formula is C13H26N2O2. The van der Waals surface area contributed by atoms with Crippen LogP contribution in [-0.4, -0.2) is 30.8 Å². The Balaban J connectivity index is 2.31. The largest absolute Gasteiger partial charge is 0.444 e. The van der Waals surface area contributed by atoms with Crippen LogP contribution in [0.2, 0.25) is 0 Å². The minimum absolute atomic E-state index is 0.311. The molecule has 1 aliphatic rings. The Morgan fingerprint density at radius 3 is 2.76 bits per heavy atom. The van der Waals surface area contributed by atoms with Crippen LogP contribution in [0.3, 0.4) is 0 Å². The van der Waals surface area contributed by atoms with Gasteiger partial charge in [0.15, 0.2) is 0 Å². The number of ether oxygens (including phenoxy) is 1. The molecule has 4 heteroatoms. The molecule has 1 saturated heterocycles. The van der Waals surface area contributed by atoms with Gasteiger partial charge in [-0.2, -0.15) is 0 Å². The van der Waals surface area contributed by atoms with Crippen molar-refractivity contribution in [3.63, 3.8) is 0 Å². The highest BCUT2D eigenvalue weighted by Crippen LogP contribution is 2.16. The Morgan fingerprint density at radius 1 is 1.41 bits per heavy atom. The van der Waals surface area contributed by atoms with Gasteiger partial charge in [-0.05, 0) is 53.0 Å². The smallest absolute Gasteiger partial charge is 0.407 e. The lowest BCUT2D eigenvalue weighted by Gasteiger charge is -2.24. The summed E-state index contributed by atoms with van der Waals surface area (Å²) in [5.41, 5.74) is -0.419. The molecule has 1 fully saturated rings. The van der Waals surface area contributed by atoms with Gasteiger partial charge in [-0.3, -0.25) is 0 Å². The summed E-state index contributed by atoms with van der Waals surface area (Å²) in [6, 6.07) is 0.465. The van der Waals surface area contributed by atoms with Crippen molar-refractivity contribution in [2.75, 3.05) is 13.1 Å². The zero-order valence-electron chi connectivity index (χ0n) is 11.5.